The number of halogens is 1. The maximum atomic E-state index is 10.7. The zero-order valence-electron chi connectivity index (χ0n) is 11.4. The van der Waals surface area contributed by atoms with Crippen molar-refractivity contribution >= 4 is 23.1 Å². The predicted octanol–water partition coefficient (Wildman–Crippen LogP) is 2.09. The van der Waals surface area contributed by atoms with Gasteiger partial charge in [-0.15, -0.1) is 0 Å². The molecule has 2 aromatic rings. The summed E-state index contributed by atoms with van der Waals surface area (Å²) in [5.41, 5.74) is 6.10. The van der Waals surface area contributed by atoms with Crippen molar-refractivity contribution in [2.24, 2.45) is 0 Å². The summed E-state index contributed by atoms with van der Waals surface area (Å²) in [7, 11) is 2.98. The monoisotopic (exact) mass is 312 g/mol. The van der Waals surface area contributed by atoms with E-state index in [-0.39, 0.29) is 18.1 Å². The molecule has 1 aromatic carbocycles. The Balaban J connectivity index is 2.38. The lowest BCUT2D eigenvalue weighted by molar-refractivity contribution is -0.384. The van der Waals surface area contributed by atoms with Crippen LogP contribution in [0, 0.1) is 10.1 Å². The van der Waals surface area contributed by atoms with Crippen LogP contribution in [0.2, 0.25) is 5.02 Å². The lowest BCUT2D eigenvalue weighted by atomic mass is 10.2. The van der Waals surface area contributed by atoms with E-state index < -0.39 is 4.92 Å². The van der Waals surface area contributed by atoms with Crippen molar-refractivity contribution < 1.29 is 14.4 Å². The SMILES string of the molecule is COc1ccc(Cn2ncc([N+](=O)[O-])c2N)c(Cl)c1OC. The van der Waals surface area contributed by atoms with Gasteiger partial charge in [0.25, 0.3) is 0 Å². The highest BCUT2D eigenvalue weighted by Crippen LogP contribution is 2.37. The first-order valence-corrected chi connectivity index (χ1v) is 6.22. The van der Waals surface area contributed by atoms with Gasteiger partial charge in [-0.1, -0.05) is 17.7 Å². The van der Waals surface area contributed by atoms with Gasteiger partial charge in [-0.2, -0.15) is 5.10 Å². The predicted molar refractivity (Wildman–Crippen MR) is 77.0 cm³/mol. The minimum Gasteiger partial charge on any atom is -0.493 e. The van der Waals surface area contributed by atoms with Crippen molar-refractivity contribution in [2.45, 2.75) is 6.54 Å². The van der Waals surface area contributed by atoms with Gasteiger partial charge >= 0.3 is 5.69 Å². The smallest absolute Gasteiger partial charge is 0.330 e. The van der Waals surface area contributed by atoms with Gasteiger partial charge in [0.05, 0.1) is 30.7 Å². The van der Waals surface area contributed by atoms with Crippen LogP contribution in [0.1, 0.15) is 5.56 Å². The standard InChI is InChI=1S/C12H13ClN4O4/c1-20-9-4-3-7(10(13)11(9)21-2)6-16-12(14)8(5-15-16)17(18)19/h3-5H,6,14H2,1-2H3. The molecule has 2 rings (SSSR count). The van der Waals surface area contributed by atoms with Crippen LogP contribution in [0.4, 0.5) is 11.5 Å². The van der Waals surface area contributed by atoms with E-state index in [9.17, 15) is 10.1 Å². The zero-order valence-corrected chi connectivity index (χ0v) is 12.1. The maximum absolute atomic E-state index is 10.7. The van der Waals surface area contributed by atoms with Crippen LogP contribution in [-0.4, -0.2) is 28.9 Å². The Kier molecular flexibility index (Phi) is 4.18. The first-order chi connectivity index (χ1) is 9.99. The van der Waals surface area contributed by atoms with E-state index in [1.807, 2.05) is 0 Å². The highest BCUT2D eigenvalue weighted by molar-refractivity contribution is 6.33. The van der Waals surface area contributed by atoms with Crippen molar-refractivity contribution in [1.82, 2.24) is 9.78 Å². The Morgan fingerprint density at radius 1 is 1.43 bits per heavy atom. The van der Waals surface area contributed by atoms with Gasteiger partial charge < -0.3 is 15.2 Å². The van der Waals surface area contributed by atoms with E-state index >= 15 is 0 Å². The number of rotatable bonds is 5. The molecule has 0 amide bonds. The molecule has 0 saturated heterocycles. The molecule has 2 N–H and O–H groups in total. The van der Waals surface area contributed by atoms with Crippen LogP contribution in [0.15, 0.2) is 18.3 Å². The second-order valence-electron chi connectivity index (χ2n) is 4.10. The maximum Gasteiger partial charge on any atom is 0.330 e. The first-order valence-electron chi connectivity index (χ1n) is 5.84. The summed E-state index contributed by atoms with van der Waals surface area (Å²) in [5, 5.41) is 15.0. The summed E-state index contributed by atoms with van der Waals surface area (Å²) < 4.78 is 11.6. The topological polar surface area (TPSA) is 105 Å². The number of methoxy groups -OCH3 is 2. The number of nitrogens with two attached hydrogens (primary N) is 1. The van der Waals surface area contributed by atoms with Gasteiger partial charge in [0.2, 0.25) is 5.82 Å². The summed E-state index contributed by atoms with van der Waals surface area (Å²) in [6.45, 7) is 0.179. The molecule has 1 aromatic heterocycles. The van der Waals surface area contributed by atoms with Crippen LogP contribution in [-0.2, 0) is 6.54 Å². The van der Waals surface area contributed by atoms with E-state index in [0.717, 1.165) is 6.20 Å². The van der Waals surface area contributed by atoms with Crippen LogP contribution in [0.25, 0.3) is 0 Å². The van der Waals surface area contributed by atoms with Gasteiger partial charge in [-0.3, -0.25) is 10.1 Å². The fourth-order valence-corrected chi connectivity index (χ4v) is 2.16. The molecule has 0 atom stereocenters. The van der Waals surface area contributed by atoms with Gasteiger partial charge in [-0.25, -0.2) is 4.68 Å². The lowest BCUT2D eigenvalue weighted by Crippen LogP contribution is -2.07. The summed E-state index contributed by atoms with van der Waals surface area (Å²) in [6.07, 6.45) is 1.10. The molecular weight excluding hydrogens is 300 g/mol. The van der Waals surface area contributed by atoms with Crippen LogP contribution >= 0.6 is 11.6 Å². The number of nitrogens with zero attached hydrogens (tertiary/aromatic N) is 3. The van der Waals surface area contributed by atoms with Crippen molar-refractivity contribution in [3.05, 3.63) is 39.0 Å². The Morgan fingerprint density at radius 2 is 2.14 bits per heavy atom. The van der Waals surface area contributed by atoms with Gasteiger partial charge in [0, 0.05) is 0 Å². The number of hydrogen-bond acceptors (Lipinski definition) is 6. The molecule has 0 radical (unpaired) electrons. The Morgan fingerprint density at radius 3 is 2.67 bits per heavy atom. The largest absolute Gasteiger partial charge is 0.493 e. The minimum atomic E-state index is -0.588. The van der Waals surface area contributed by atoms with Gasteiger partial charge in [-0.05, 0) is 11.6 Å². The molecule has 112 valence electrons. The Bertz CT molecular complexity index is 686. The number of nitrogen functional groups attached to an aromatic ring is 1. The molecule has 0 bridgehead atoms. The van der Waals surface area contributed by atoms with Crippen LogP contribution in [0.5, 0.6) is 11.5 Å². The number of hydrogen-bond donors (Lipinski definition) is 1. The average molecular weight is 313 g/mol. The molecule has 21 heavy (non-hydrogen) atoms. The molecule has 0 aliphatic rings. The fraction of sp³-hybridized carbons (Fsp3) is 0.250. The average Bonchev–Trinajstić information content (AvgIpc) is 2.82. The third kappa shape index (κ3) is 2.70. The Hall–Kier alpha value is -2.48. The highest BCUT2D eigenvalue weighted by atomic mass is 35.5. The second-order valence-corrected chi connectivity index (χ2v) is 4.48. The molecule has 0 unspecified atom stereocenters. The van der Waals surface area contributed by atoms with Crippen molar-refractivity contribution in [3.63, 3.8) is 0 Å². The molecule has 8 nitrogen and oxygen atoms in total. The Labute approximate surface area is 125 Å². The van der Waals surface area contributed by atoms with Gasteiger partial charge in [0.1, 0.15) is 6.20 Å². The third-order valence-electron chi connectivity index (χ3n) is 2.94. The van der Waals surface area contributed by atoms with Crippen LogP contribution < -0.4 is 15.2 Å². The molecule has 0 fully saturated rings. The molecule has 9 heteroatoms. The van der Waals surface area contributed by atoms with E-state index in [2.05, 4.69) is 5.10 Å². The summed E-state index contributed by atoms with van der Waals surface area (Å²) >= 11 is 6.24. The summed E-state index contributed by atoms with van der Waals surface area (Å²) in [6, 6.07) is 3.41. The van der Waals surface area contributed by atoms with E-state index in [0.29, 0.717) is 22.1 Å². The summed E-state index contributed by atoms with van der Waals surface area (Å²) in [4.78, 5) is 10.2. The number of anilines is 1. The van der Waals surface area contributed by atoms with E-state index in [4.69, 9.17) is 26.8 Å². The second kappa shape index (κ2) is 5.88. The summed E-state index contributed by atoms with van der Waals surface area (Å²) in [5.74, 6) is 0.841. The normalized spacial score (nSPS) is 10.4. The molecule has 1 heterocycles. The van der Waals surface area contributed by atoms with Crippen molar-refractivity contribution in [2.75, 3.05) is 20.0 Å². The van der Waals surface area contributed by atoms with Crippen LogP contribution in [0.3, 0.4) is 0 Å². The van der Waals surface area contributed by atoms with Crippen molar-refractivity contribution in [1.29, 1.82) is 0 Å². The number of nitro groups is 1. The minimum absolute atomic E-state index is 0.0362. The lowest BCUT2D eigenvalue weighted by Gasteiger charge is -2.13. The first kappa shape index (κ1) is 14.9. The van der Waals surface area contributed by atoms with Crippen molar-refractivity contribution in [3.8, 4) is 11.5 Å². The van der Waals surface area contributed by atoms with Gasteiger partial charge in [0.15, 0.2) is 11.5 Å². The van der Waals surface area contributed by atoms with E-state index in [1.165, 1.54) is 18.9 Å². The molecule has 0 saturated carbocycles. The molecule has 0 aliphatic carbocycles. The quantitative estimate of drug-likeness (QED) is 0.669. The highest BCUT2D eigenvalue weighted by Gasteiger charge is 2.19. The number of ether oxygens (including phenoxy) is 2. The molecule has 0 spiro atoms. The molecule has 0 aliphatic heterocycles. The zero-order chi connectivity index (χ0) is 15.6. The molecular formula is C12H13ClN4O4. The van der Waals surface area contributed by atoms with E-state index in [1.54, 1.807) is 12.1 Å². The third-order valence-corrected chi connectivity index (χ3v) is 3.36. The fourth-order valence-electron chi connectivity index (χ4n) is 1.87. The number of aromatic nitrogens is 2. The number of benzene rings is 1.